The maximum Gasteiger partial charge on any atom is 0.337 e. The molecular weight excluding hydrogens is 228 g/mol. The van der Waals surface area contributed by atoms with Crippen molar-refractivity contribution in [3.63, 3.8) is 0 Å². The number of para-hydroxylation sites is 1. The van der Waals surface area contributed by atoms with E-state index in [9.17, 15) is 9.90 Å². The SMILES string of the molecule is O=C(O)c1cccc2ncn(C3CCCCC3)c12. The van der Waals surface area contributed by atoms with E-state index in [-0.39, 0.29) is 0 Å². The topological polar surface area (TPSA) is 55.1 Å². The van der Waals surface area contributed by atoms with Gasteiger partial charge < -0.3 is 9.67 Å². The Labute approximate surface area is 105 Å². The van der Waals surface area contributed by atoms with Gasteiger partial charge in [-0.05, 0) is 25.0 Å². The van der Waals surface area contributed by atoms with E-state index >= 15 is 0 Å². The van der Waals surface area contributed by atoms with E-state index < -0.39 is 5.97 Å². The molecule has 2 aromatic rings. The third-order valence-electron chi connectivity index (χ3n) is 3.79. The van der Waals surface area contributed by atoms with Gasteiger partial charge in [-0.3, -0.25) is 0 Å². The average Bonchev–Trinajstić information content (AvgIpc) is 2.83. The summed E-state index contributed by atoms with van der Waals surface area (Å²) in [5.41, 5.74) is 1.91. The van der Waals surface area contributed by atoms with Crippen LogP contribution in [-0.4, -0.2) is 20.6 Å². The van der Waals surface area contributed by atoms with Crippen LogP contribution in [0.4, 0.5) is 0 Å². The fourth-order valence-electron chi connectivity index (χ4n) is 2.90. The summed E-state index contributed by atoms with van der Waals surface area (Å²) in [7, 11) is 0. The van der Waals surface area contributed by atoms with Crippen molar-refractivity contribution in [3.05, 3.63) is 30.1 Å². The Hall–Kier alpha value is -1.84. The molecule has 4 heteroatoms. The van der Waals surface area contributed by atoms with Crippen LogP contribution < -0.4 is 0 Å². The van der Waals surface area contributed by atoms with E-state index in [1.54, 1.807) is 18.5 Å². The predicted molar refractivity (Wildman–Crippen MR) is 68.8 cm³/mol. The van der Waals surface area contributed by atoms with Gasteiger partial charge in [-0.1, -0.05) is 25.3 Å². The van der Waals surface area contributed by atoms with Crippen molar-refractivity contribution in [1.29, 1.82) is 0 Å². The van der Waals surface area contributed by atoms with Crippen molar-refractivity contribution in [1.82, 2.24) is 9.55 Å². The average molecular weight is 244 g/mol. The summed E-state index contributed by atoms with van der Waals surface area (Å²) >= 11 is 0. The van der Waals surface area contributed by atoms with E-state index in [0.717, 1.165) is 23.9 Å². The van der Waals surface area contributed by atoms with Crippen LogP contribution in [0.3, 0.4) is 0 Å². The molecule has 1 saturated carbocycles. The minimum atomic E-state index is -0.877. The first-order chi connectivity index (χ1) is 8.77. The summed E-state index contributed by atoms with van der Waals surface area (Å²) in [5, 5.41) is 9.28. The molecule has 0 saturated heterocycles. The molecule has 0 radical (unpaired) electrons. The normalized spacial score (nSPS) is 17.1. The summed E-state index contributed by atoms with van der Waals surface area (Å²) in [5.74, 6) is -0.877. The van der Waals surface area contributed by atoms with Crippen LogP contribution in [0.25, 0.3) is 11.0 Å². The second-order valence-electron chi connectivity index (χ2n) is 4.92. The maximum atomic E-state index is 11.3. The Morgan fingerprint density at radius 2 is 2.06 bits per heavy atom. The van der Waals surface area contributed by atoms with E-state index in [4.69, 9.17) is 0 Å². The van der Waals surface area contributed by atoms with Gasteiger partial charge in [0.25, 0.3) is 0 Å². The van der Waals surface area contributed by atoms with Gasteiger partial charge in [-0.2, -0.15) is 0 Å². The molecule has 1 fully saturated rings. The van der Waals surface area contributed by atoms with Crippen LogP contribution in [0.15, 0.2) is 24.5 Å². The number of aromatic nitrogens is 2. The molecule has 0 bridgehead atoms. The van der Waals surface area contributed by atoms with Crippen LogP contribution in [-0.2, 0) is 0 Å². The van der Waals surface area contributed by atoms with Gasteiger partial charge >= 0.3 is 5.97 Å². The molecule has 18 heavy (non-hydrogen) atoms. The zero-order valence-electron chi connectivity index (χ0n) is 10.2. The first kappa shape index (κ1) is 11.3. The molecule has 1 aromatic carbocycles. The molecular formula is C14H16N2O2. The van der Waals surface area contributed by atoms with E-state index in [0.29, 0.717) is 11.6 Å². The lowest BCUT2D eigenvalue weighted by molar-refractivity contribution is 0.0698. The number of carboxylic acid groups (broad SMARTS) is 1. The molecule has 94 valence electrons. The second kappa shape index (κ2) is 4.44. The minimum Gasteiger partial charge on any atom is -0.478 e. The Kier molecular flexibility index (Phi) is 2.78. The highest BCUT2D eigenvalue weighted by Gasteiger charge is 2.20. The number of nitrogens with zero attached hydrogens (tertiary/aromatic N) is 2. The van der Waals surface area contributed by atoms with Gasteiger partial charge in [-0.25, -0.2) is 9.78 Å². The monoisotopic (exact) mass is 244 g/mol. The highest BCUT2D eigenvalue weighted by Crippen LogP contribution is 2.31. The summed E-state index contributed by atoms with van der Waals surface area (Å²) in [6.07, 6.45) is 7.78. The third kappa shape index (κ3) is 1.78. The lowest BCUT2D eigenvalue weighted by atomic mass is 9.95. The Morgan fingerprint density at radius 3 is 2.78 bits per heavy atom. The fourth-order valence-corrected chi connectivity index (χ4v) is 2.90. The van der Waals surface area contributed by atoms with Crippen LogP contribution >= 0.6 is 0 Å². The summed E-state index contributed by atoms with van der Waals surface area (Å²) < 4.78 is 2.07. The molecule has 3 rings (SSSR count). The number of carboxylic acids is 1. The zero-order valence-corrected chi connectivity index (χ0v) is 10.2. The van der Waals surface area contributed by atoms with Crippen molar-refractivity contribution in [2.24, 2.45) is 0 Å². The van der Waals surface area contributed by atoms with Crippen LogP contribution in [0.1, 0.15) is 48.5 Å². The first-order valence-corrected chi connectivity index (χ1v) is 6.46. The van der Waals surface area contributed by atoms with E-state index in [1.807, 2.05) is 6.07 Å². The molecule has 0 spiro atoms. The Morgan fingerprint density at radius 1 is 1.28 bits per heavy atom. The van der Waals surface area contributed by atoms with Gasteiger partial charge in [0, 0.05) is 6.04 Å². The van der Waals surface area contributed by atoms with Gasteiger partial charge in [0.05, 0.1) is 22.9 Å². The number of rotatable bonds is 2. The number of benzene rings is 1. The molecule has 1 aliphatic rings. The van der Waals surface area contributed by atoms with Gasteiger partial charge in [0.15, 0.2) is 0 Å². The lowest BCUT2D eigenvalue weighted by Crippen LogP contribution is -2.13. The van der Waals surface area contributed by atoms with Gasteiger partial charge in [0.1, 0.15) is 0 Å². The van der Waals surface area contributed by atoms with Crippen molar-refractivity contribution < 1.29 is 9.90 Å². The number of hydrogen-bond donors (Lipinski definition) is 1. The Balaban J connectivity index is 2.14. The standard InChI is InChI=1S/C14H16N2O2/c17-14(18)11-7-4-8-12-13(11)16(9-15-12)10-5-2-1-3-6-10/h4,7-10H,1-3,5-6H2,(H,17,18). The highest BCUT2D eigenvalue weighted by atomic mass is 16.4. The number of imidazole rings is 1. The largest absolute Gasteiger partial charge is 0.478 e. The van der Waals surface area contributed by atoms with Crippen LogP contribution in [0.5, 0.6) is 0 Å². The van der Waals surface area contributed by atoms with Crippen molar-refractivity contribution in [2.45, 2.75) is 38.1 Å². The molecule has 1 N–H and O–H groups in total. The Bertz CT molecular complexity index is 582. The number of carbonyl (C=O) groups is 1. The fraction of sp³-hybridized carbons (Fsp3) is 0.429. The molecule has 1 heterocycles. The van der Waals surface area contributed by atoms with Gasteiger partial charge in [0.2, 0.25) is 0 Å². The molecule has 0 atom stereocenters. The quantitative estimate of drug-likeness (QED) is 0.882. The number of fused-ring (bicyclic) bond motifs is 1. The minimum absolute atomic E-state index is 0.357. The summed E-state index contributed by atoms with van der Waals surface area (Å²) in [6, 6.07) is 5.70. The van der Waals surface area contributed by atoms with Crippen molar-refractivity contribution >= 4 is 17.0 Å². The van der Waals surface area contributed by atoms with Crippen molar-refractivity contribution in [3.8, 4) is 0 Å². The first-order valence-electron chi connectivity index (χ1n) is 6.46. The number of hydrogen-bond acceptors (Lipinski definition) is 2. The number of aromatic carboxylic acids is 1. The predicted octanol–water partition coefficient (Wildman–Crippen LogP) is 3.24. The third-order valence-corrected chi connectivity index (χ3v) is 3.79. The van der Waals surface area contributed by atoms with E-state index in [1.165, 1.54) is 19.3 Å². The molecule has 4 nitrogen and oxygen atoms in total. The van der Waals surface area contributed by atoms with Crippen LogP contribution in [0, 0.1) is 0 Å². The van der Waals surface area contributed by atoms with E-state index in [2.05, 4.69) is 9.55 Å². The summed E-state index contributed by atoms with van der Waals surface area (Å²) in [6.45, 7) is 0. The zero-order chi connectivity index (χ0) is 12.5. The maximum absolute atomic E-state index is 11.3. The highest BCUT2D eigenvalue weighted by molar-refractivity contribution is 6.01. The van der Waals surface area contributed by atoms with Crippen molar-refractivity contribution in [2.75, 3.05) is 0 Å². The molecule has 0 amide bonds. The van der Waals surface area contributed by atoms with Crippen LogP contribution in [0.2, 0.25) is 0 Å². The van der Waals surface area contributed by atoms with Gasteiger partial charge in [-0.15, -0.1) is 0 Å². The molecule has 1 aromatic heterocycles. The lowest BCUT2D eigenvalue weighted by Gasteiger charge is -2.24. The summed E-state index contributed by atoms with van der Waals surface area (Å²) in [4.78, 5) is 15.6. The molecule has 0 aliphatic heterocycles. The second-order valence-corrected chi connectivity index (χ2v) is 4.92. The molecule has 1 aliphatic carbocycles. The smallest absolute Gasteiger partial charge is 0.337 e. The molecule has 0 unspecified atom stereocenters.